The van der Waals surface area contributed by atoms with Crippen molar-refractivity contribution in [2.45, 2.75) is 31.7 Å². The summed E-state index contributed by atoms with van der Waals surface area (Å²) in [7, 11) is 0. The Morgan fingerprint density at radius 2 is 2.10 bits per heavy atom. The van der Waals surface area contributed by atoms with Crippen molar-refractivity contribution in [3.8, 4) is 0 Å². The Labute approximate surface area is 114 Å². The van der Waals surface area contributed by atoms with E-state index in [2.05, 4.69) is 5.43 Å². The molecule has 3 atom stereocenters. The topological polar surface area (TPSA) is 47.3 Å². The van der Waals surface area contributed by atoms with E-state index < -0.39 is 23.6 Å². The lowest BCUT2D eigenvalue weighted by Gasteiger charge is -2.23. The van der Waals surface area contributed by atoms with Gasteiger partial charge in [-0.1, -0.05) is 6.07 Å². The van der Waals surface area contributed by atoms with Gasteiger partial charge in [0.05, 0.1) is 24.3 Å². The standard InChI is InChI=1S/C13H16F4N2O/c1-7-4-9(6-20-7)12(19-18)8-2-3-11(14)10(5-8)13(15,16)17/h2-3,5,7,9,12,19H,4,6,18H2,1H3. The molecule has 1 saturated heterocycles. The first-order chi connectivity index (χ1) is 9.32. The highest BCUT2D eigenvalue weighted by atomic mass is 19.4. The molecule has 3 nitrogen and oxygen atoms in total. The predicted octanol–water partition coefficient (Wildman–Crippen LogP) is 2.77. The number of nitrogens with one attached hydrogen (secondary N) is 1. The summed E-state index contributed by atoms with van der Waals surface area (Å²) in [6.45, 7) is 2.30. The second-order valence-corrected chi connectivity index (χ2v) is 5.02. The van der Waals surface area contributed by atoms with Gasteiger partial charge >= 0.3 is 6.18 Å². The highest BCUT2D eigenvalue weighted by Gasteiger charge is 2.36. The number of hydrogen-bond donors (Lipinski definition) is 2. The van der Waals surface area contributed by atoms with Crippen LogP contribution in [0.4, 0.5) is 17.6 Å². The van der Waals surface area contributed by atoms with E-state index in [-0.39, 0.29) is 12.0 Å². The predicted molar refractivity (Wildman–Crippen MR) is 65.0 cm³/mol. The molecule has 2 rings (SSSR count). The maximum absolute atomic E-state index is 13.3. The number of hydrazine groups is 1. The largest absolute Gasteiger partial charge is 0.419 e. The van der Waals surface area contributed by atoms with Crippen LogP contribution in [0, 0.1) is 11.7 Å². The first-order valence-electron chi connectivity index (χ1n) is 6.27. The Kier molecular flexibility index (Phi) is 4.31. The summed E-state index contributed by atoms with van der Waals surface area (Å²) < 4.78 is 56.8. The van der Waals surface area contributed by atoms with Crippen LogP contribution in [0.5, 0.6) is 0 Å². The van der Waals surface area contributed by atoms with Crippen LogP contribution in [0.15, 0.2) is 18.2 Å². The van der Waals surface area contributed by atoms with Crippen LogP contribution < -0.4 is 11.3 Å². The fourth-order valence-corrected chi connectivity index (χ4v) is 2.54. The number of rotatable bonds is 3. The van der Waals surface area contributed by atoms with Crippen molar-refractivity contribution in [1.82, 2.24) is 5.43 Å². The minimum atomic E-state index is -4.72. The van der Waals surface area contributed by atoms with Crippen molar-refractivity contribution in [3.63, 3.8) is 0 Å². The fourth-order valence-electron chi connectivity index (χ4n) is 2.54. The van der Waals surface area contributed by atoms with Gasteiger partial charge in [0.1, 0.15) is 5.82 Å². The number of benzene rings is 1. The van der Waals surface area contributed by atoms with Gasteiger partial charge < -0.3 is 4.74 Å². The van der Waals surface area contributed by atoms with Crippen LogP contribution >= 0.6 is 0 Å². The smallest absolute Gasteiger partial charge is 0.378 e. The Morgan fingerprint density at radius 1 is 1.40 bits per heavy atom. The van der Waals surface area contributed by atoms with E-state index in [4.69, 9.17) is 10.6 Å². The summed E-state index contributed by atoms with van der Waals surface area (Å²) in [6.07, 6.45) is -4.00. The molecule has 0 amide bonds. The first-order valence-corrected chi connectivity index (χ1v) is 6.27. The molecule has 1 aliphatic rings. The number of nitrogens with two attached hydrogens (primary N) is 1. The van der Waals surface area contributed by atoms with Crippen molar-refractivity contribution in [1.29, 1.82) is 0 Å². The Balaban J connectivity index is 2.31. The van der Waals surface area contributed by atoms with Gasteiger partial charge in [0.25, 0.3) is 0 Å². The summed E-state index contributed by atoms with van der Waals surface area (Å²) in [5, 5.41) is 0. The van der Waals surface area contributed by atoms with E-state index in [9.17, 15) is 17.6 Å². The molecule has 1 aliphatic heterocycles. The van der Waals surface area contributed by atoms with Gasteiger partial charge in [-0.2, -0.15) is 13.2 Å². The molecule has 1 aromatic rings. The monoisotopic (exact) mass is 292 g/mol. The van der Waals surface area contributed by atoms with Gasteiger partial charge in [-0.3, -0.25) is 11.3 Å². The summed E-state index contributed by atoms with van der Waals surface area (Å²) in [4.78, 5) is 0. The molecule has 112 valence electrons. The van der Waals surface area contributed by atoms with E-state index in [1.165, 1.54) is 6.07 Å². The molecule has 20 heavy (non-hydrogen) atoms. The molecule has 0 aliphatic carbocycles. The molecule has 1 aromatic carbocycles. The molecule has 0 bridgehead atoms. The maximum atomic E-state index is 13.3. The van der Waals surface area contributed by atoms with Gasteiger partial charge in [-0.15, -0.1) is 0 Å². The van der Waals surface area contributed by atoms with Gasteiger partial charge in [0, 0.05) is 5.92 Å². The lowest BCUT2D eigenvalue weighted by atomic mass is 9.90. The number of alkyl halides is 3. The van der Waals surface area contributed by atoms with Crippen LogP contribution in [0.25, 0.3) is 0 Å². The molecule has 3 unspecified atom stereocenters. The van der Waals surface area contributed by atoms with Crippen LogP contribution in [0.1, 0.15) is 30.5 Å². The lowest BCUT2D eigenvalue weighted by molar-refractivity contribution is -0.140. The maximum Gasteiger partial charge on any atom is 0.419 e. The van der Waals surface area contributed by atoms with Gasteiger partial charge in [0.15, 0.2) is 0 Å². The molecular formula is C13H16F4N2O. The molecule has 3 N–H and O–H groups in total. The van der Waals surface area contributed by atoms with E-state index in [0.29, 0.717) is 18.6 Å². The van der Waals surface area contributed by atoms with Gasteiger partial charge in [-0.25, -0.2) is 4.39 Å². The van der Waals surface area contributed by atoms with Crippen molar-refractivity contribution in [3.05, 3.63) is 35.1 Å². The summed E-state index contributed by atoms with van der Waals surface area (Å²) in [5.41, 5.74) is 1.54. The van der Waals surface area contributed by atoms with E-state index in [0.717, 1.165) is 12.1 Å². The molecule has 0 saturated carbocycles. The van der Waals surface area contributed by atoms with E-state index >= 15 is 0 Å². The van der Waals surface area contributed by atoms with Crippen molar-refractivity contribution < 1.29 is 22.3 Å². The second-order valence-electron chi connectivity index (χ2n) is 5.02. The molecular weight excluding hydrogens is 276 g/mol. The average Bonchev–Trinajstić information content (AvgIpc) is 2.77. The molecule has 1 heterocycles. The fraction of sp³-hybridized carbons (Fsp3) is 0.538. The highest BCUT2D eigenvalue weighted by Crippen LogP contribution is 2.36. The lowest BCUT2D eigenvalue weighted by Crippen LogP contribution is -2.34. The molecule has 0 aromatic heterocycles. The van der Waals surface area contributed by atoms with Crippen molar-refractivity contribution in [2.24, 2.45) is 11.8 Å². The number of hydrogen-bond acceptors (Lipinski definition) is 3. The van der Waals surface area contributed by atoms with Crippen LogP contribution in [0.3, 0.4) is 0 Å². The molecule has 0 radical (unpaired) electrons. The molecule has 1 fully saturated rings. The minimum absolute atomic E-state index is 0.0402. The third-order valence-electron chi connectivity index (χ3n) is 3.54. The van der Waals surface area contributed by atoms with Crippen molar-refractivity contribution in [2.75, 3.05) is 6.61 Å². The number of halogens is 4. The van der Waals surface area contributed by atoms with E-state index in [1.807, 2.05) is 6.92 Å². The first kappa shape index (κ1) is 15.2. The summed E-state index contributed by atoms with van der Waals surface area (Å²) in [5.74, 6) is 4.12. The zero-order valence-electron chi connectivity index (χ0n) is 10.9. The summed E-state index contributed by atoms with van der Waals surface area (Å²) >= 11 is 0. The van der Waals surface area contributed by atoms with E-state index in [1.54, 1.807) is 0 Å². The highest BCUT2D eigenvalue weighted by molar-refractivity contribution is 5.30. The number of ether oxygens (including phenoxy) is 1. The normalized spacial score (nSPS) is 24.9. The Bertz CT molecular complexity index is 478. The average molecular weight is 292 g/mol. The third-order valence-corrected chi connectivity index (χ3v) is 3.54. The van der Waals surface area contributed by atoms with Crippen molar-refractivity contribution >= 4 is 0 Å². The van der Waals surface area contributed by atoms with Crippen LogP contribution in [-0.2, 0) is 10.9 Å². The SMILES string of the molecule is CC1CC(C(NN)c2ccc(F)c(C(F)(F)F)c2)CO1. The zero-order chi connectivity index (χ0) is 14.9. The third kappa shape index (κ3) is 3.11. The Hall–Kier alpha value is -1.18. The Morgan fingerprint density at radius 3 is 2.60 bits per heavy atom. The minimum Gasteiger partial charge on any atom is -0.378 e. The van der Waals surface area contributed by atoms with Crippen LogP contribution in [-0.4, -0.2) is 12.7 Å². The summed E-state index contributed by atoms with van der Waals surface area (Å²) in [6, 6.07) is 2.45. The quantitative estimate of drug-likeness (QED) is 0.511. The van der Waals surface area contributed by atoms with Gasteiger partial charge in [-0.05, 0) is 31.0 Å². The molecule has 0 spiro atoms. The van der Waals surface area contributed by atoms with Gasteiger partial charge in [0.2, 0.25) is 0 Å². The second kappa shape index (κ2) is 5.67. The zero-order valence-corrected chi connectivity index (χ0v) is 10.9. The molecule has 7 heteroatoms. The van der Waals surface area contributed by atoms with Crippen LogP contribution in [0.2, 0.25) is 0 Å².